The molecule has 0 saturated carbocycles. The quantitative estimate of drug-likeness (QED) is 0.714. The molecule has 0 aliphatic heterocycles. The fraction of sp³-hybridized carbons (Fsp3) is 0.571. The molecule has 1 N–H and O–H groups in total. The van der Waals surface area contributed by atoms with Crippen molar-refractivity contribution >= 4 is 0 Å². The molecule has 0 spiro atoms. The van der Waals surface area contributed by atoms with Gasteiger partial charge < -0.3 is 10.1 Å². The van der Waals surface area contributed by atoms with Gasteiger partial charge in [-0.2, -0.15) is 0 Å². The van der Waals surface area contributed by atoms with Gasteiger partial charge in [-0.1, -0.05) is 24.3 Å². The lowest BCUT2D eigenvalue weighted by Gasteiger charge is -2.16. The van der Waals surface area contributed by atoms with E-state index in [1.165, 1.54) is 17.5 Å². The second-order valence-corrected chi connectivity index (χ2v) is 4.23. The van der Waals surface area contributed by atoms with Gasteiger partial charge in [-0.25, -0.2) is 0 Å². The van der Waals surface area contributed by atoms with Crippen LogP contribution < -0.4 is 5.32 Å². The highest BCUT2D eigenvalue weighted by molar-refractivity contribution is 5.28. The Morgan fingerprint density at radius 2 is 2.00 bits per heavy atom. The third-order valence-corrected chi connectivity index (χ3v) is 2.88. The number of unbranched alkanes of at least 4 members (excludes halogenated alkanes) is 1. The van der Waals surface area contributed by atoms with Crippen LogP contribution in [0.3, 0.4) is 0 Å². The predicted molar refractivity (Wildman–Crippen MR) is 68.7 cm³/mol. The standard InChI is InChI=1S/C14H23NO/c1-12-8-4-5-9-14(12)13(2)15-10-6-7-11-16-3/h4-5,8-9,13,15H,6-7,10-11H2,1-3H3. The fourth-order valence-electron chi connectivity index (χ4n) is 1.87. The summed E-state index contributed by atoms with van der Waals surface area (Å²) in [5, 5.41) is 3.54. The molecule has 16 heavy (non-hydrogen) atoms. The maximum absolute atomic E-state index is 5.02. The number of aryl methyl sites for hydroxylation is 1. The maximum Gasteiger partial charge on any atom is 0.0462 e. The summed E-state index contributed by atoms with van der Waals surface area (Å²) in [6.07, 6.45) is 2.30. The van der Waals surface area contributed by atoms with Gasteiger partial charge in [0.05, 0.1) is 0 Å². The van der Waals surface area contributed by atoms with Gasteiger partial charge in [0.2, 0.25) is 0 Å². The van der Waals surface area contributed by atoms with Crippen LogP contribution in [0.15, 0.2) is 24.3 Å². The first-order valence-corrected chi connectivity index (χ1v) is 6.03. The smallest absolute Gasteiger partial charge is 0.0462 e. The van der Waals surface area contributed by atoms with E-state index in [4.69, 9.17) is 4.74 Å². The summed E-state index contributed by atoms with van der Waals surface area (Å²) >= 11 is 0. The molecule has 1 unspecified atom stereocenters. The molecule has 0 aliphatic carbocycles. The minimum Gasteiger partial charge on any atom is -0.385 e. The van der Waals surface area contributed by atoms with Gasteiger partial charge in [0, 0.05) is 19.8 Å². The molecule has 1 atom stereocenters. The Labute approximate surface area is 99.0 Å². The highest BCUT2D eigenvalue weighted by atomic mass is 16.5. The van der Waals surface area contributed by atoms with Gasteiger partial charge in [0.25, 0.3) is 0 Å². The first-order chi connectivity index (χ1) is 7.75. The van der Waals surface area contributed by atoms with Gasteiger partial charge in [-0.3, -0.25) is 0 Å². The molecular weight excluding hydrogens is 198 g/mol. The lowest BCUT2D eigenvalue weighted by Crippen LogP contribution is -2.20. The zero-order valence-electron chi connectivity index (χ0n) is 10.6. The molecule has 0 aliphatic rings. The minimum absolute atomic E-state index is 0.434. The Kier molecular flexibility index (Phi) is 6.12. The molecular formula is C14H23NO. The second kappa shape index (κ2) is 7.42. The van der Waals surface area contributed by atoms with E-state index in [0.717, 1.165) is 19.6 Å². The molecule has 1 aromatic carbocycles. The first kappa shape index (κ1) is 13.2. The molecule has 0 fully saturated rings. The molecule has 0 amide bonds. The normalized spacial score (nSPS) is 12.7. The molecule has 90 valence electrons. The van der Waals surface area contributed by atoms with Gasteiger partial charge in [-0.15, -0.1) is 0 Å². The Morgan fingerprint density at radius 1 is 1.25 bits per heavy atom. The van der Waals surface area contributed by atoms with E-state index in [-0.39, 0.29) is 0 Å². The van der Waals surface area contributed by atoms with Gasteiger partial charge in [0.15, 0.2) is 0 Å². The highest BCUT2D eigenvalue weighted by Gasteiger charge is 2.05. The Balaban J connectivity index is 2.30. The molecule has 0 bridgehead atoms. The van der Waals surface area contributed by atoms with Crippen molar-refractivity contribution in [2.75, 3.05) is 20.3 Å². The number of rotatable bonds is 7. The predicted octanol–water partition coefficient (Wildman–Crippen LogP) is 3.07. The summed E-state index contributed by atoms with van der Waals surface area (Å²) in [6.45, 7) is 6.30. The zero-order valence-corrected chi connectivity index (χ0v) is 10.6. The van der Waals surface area contributed by atoms with Crippen molar-refractivity contribution in [2.45, 2.75) is 32.7 Å². The maximum atomic E-state index is 5.02. The van der Waals surface area contributed by atoms with Gasteiger partial charge >= 0.3 is 0 Å². The fourth-order valence-corrected chi connectivity index (χ4v) is 1.87. The van der Waals surface area contributed by atoms with Crippen molar-refractivity contribution in [3.63, 3.8) is 0 Å². The van der Waals surface area contributed by atoms with E-state index in [0.29, 0.717) is 6.04 Å². The van der Waals surface area contributed by atoms with Crippen LogP contribution in [0.4, 0.5) is 0 Å². The molecule has 2 heteroatoms. The minimum atomic E-state index is 0.434. The molecule has 0 aromatic heterocycles. The zero-order chi connectivity index (χ0) is 11.8. The van der Waals surface area contributed by atoms with E-state index in [2.05, 4.69) is 43.4 Å². The number of nitrogens with one attached hydrogen (secondary N) is 1. The molecule has 2 nitrogen and oxygen atoms in total. The van der Waals surface area contributed by atoms with Gasteiger partial charge in [-0.05, 0) is 44.4 Å². The van der Waals surface area contributed by atoms with Crippen LogP contribution in [0.5, 0.6) is 0 Å². The van der Waals surface area contributed by atoms with Crippen molar-refractivity contribution in [2.24, 2.45) is 0 Å². The topological polar surface area (TPSA) is 21.3 Å². The van der Waals surface area contributed by atoms with Crippen molar-refractivity contribution in [3.8, 4) is 0 Å². The number of ether oxygens (including phenoxy) is 1. The van der Waals surface area contributed by atoms with E-state index in [9.17, 15) is 0 Å². The summed E-state index contributed by atoms with van der Waals surface area (Å²) in [7, 11) is 1.75. The average Bonchev–Trinajstić information content (AvgIpc) is 2.29. The molecule has 1 aromatic rings. The Hall–Kier alpha value is -0.860. The molecule has 1 rings (SSSR count). The van der Waals surface area contributed by atoms with E-state index in [1.807, 2.05) is 0 Å². The van der Waals surface area contributed by atoms with Crippen LogP contribution >= 0.6 is 0 Å². The van der Waals surface area contributed by atoms with Crippen LogP contribution in [-0.2, 0) is 4.74 Å². The van der Waals surface area contributed by atoms with Crippen LogP contribution in [0, 0.1) is 6.92 Å². The lowest BCUT2D eigenvalue weighted by molar-refractivity contribution is 0.192. The van der Waals surface area contributed by atoms with Gasteiger partial charge in [0.1, 0.15) is 0 Å². The van der Waals surface area contributed by atoms with Crippen molar-refractivity contribution in [1.82, 2.24) is 5.32 Å². The van der Waals surface area contributed by atoms with E-state index < -0.39 is 0 Å². The highest BCUT2D eigenvalue weighted by Crippen LogP contribution is 2.16. The Morgan fingerprint density at radius 3 is 2.69 bits per heavy atom. The summed E-state index contributed by atoms with van der Waals surface area (Å²) < 4.78 is 5.02. The summed E-state index contributed by atoms with van der Waals surface area (Å²) in [5.41, 5.74) is 2.76. The number of methoxy groups -OCH3 is 1. The number of hydrogen-bond donors (Lipinski definition) is 1. The van der Waals surface area contributed by atoms with E-state index in [1.54, 1.807) is 7.11 Å². The molecule has 0 saturated heterocycles. The second-order valence-electron chi connectivity index (χ2n) is 4.23. The van der Waals surface area contributed by atoms with E-state index >= 15 is 0 Å². The third kappa shape index (κ3) is 4.33. The first-order valence-electron chi connectivity index (χ1n) is 6.03. The summed E-state index contributed by atoms with van der Waals surface area (Å²) in [6, 6.07) is 8.99. The van der Waals surface area contributed by atoms with Crippen molar-refractivity contribution < 1.29 is 4.74 Å². The molecule has 0 heterocycles. The summed E-state index contributed by atoms with van der Waals surface area (Å²) in [5.74, 6) is 0. The van der Waals surface area contributed by atoms with Crippen LogP contribution in [0.2, 0.25) is 0 Å². The van der Waals surface area contributed by atoms with Crippen LogP contribution in [-0.4, -0.2) is 20.3 Å². The number of benzene rings is 1. The van der Waals surface area contributed by atoms with Crippen molar-refractivity contribution in [3.05, 3.63) is 35.4 Å². The monoisotopic (exact) mass is 221 g/mol. The third-order valence-electron chi connectivity index (χ3n) is 2.88. The lowest BCUT2D eigenvalue weighted by atomic mass is 10.0. The largest absolute Gasteiger partial charge is 0.385 e. The summed E-state index contributed by atoms with van der Waals surface area (Å²) in [4.78, 5) is 0. The van der Waals surface area contributed by atoms with Crippen molar-refractivity contribution in [1.29, 1.82) is 0 Å². The SMILES string of the molecule is COCCCCNC(C)c1ccccc1C. The molecule has 0 radical (unpaired) electrons. The number of hydrogen-bond acceptors (Lipinski definition) is 2. The Bertz CT molecular complexity index is 299. The van der Waals surface area contributed by atoms with Crippen LogP contribution in [0.25, 0.3) is 0 Å². The van der Waals surface area contributed by atoms with Crippen LogP contribution in [0.1, 0.15) is 36.9 Å². The average molecular weight is 221 g/mol.